The molecule has 2 rings (SSSR count). The lowest BCUT2D eigenvalue weighted by molar-refractivity contribution is -0.118. The molecule has 0 radical (unpaired) electrons. The maximum Gasteiger partial charge on any atom is 0.410 e. The number of ether oxygens (including phenoxy) is 1. The Morgan fingerprint density at radius 3 is 2.24 bits per heavy atom. The van der Waals surface area contributed by atoms with Gasteiger partial charge in [-0.25, -0.2) is 4.79 Å². The van der Waals surface area contributed by atoms with Crippen LogP contribution >= 0.6 is 0 Å². The quantitative estimate of drug-likeness (QED) is 0.758. The summed E-state index contributed by atoms with van der Waals surface area (Å²) in [5.41, 5.74) is 0. The van der Waals surface area contributed by atoms with Crippen LogP contribution in [0.2, 0.25) is 0 Å². The number of fused-ring (bicyclic) bond motifs is 1. The third-order valence-electron chi connectivity index (χ3n) is 4.07. The number of Topliss-reactive ketones (excluding diaryl/α,β-unsaturated/α-hetero) is 1. The van der Waals surface area contributed by atoms with Crippen LogP contribution in [0.1, 0.15) is 39.5 Å². The molecule has 17 heavy (non-hydrogen) atoms. The van der Waals surface area contributed by atoms with Crippen molar-refractivity contribution in [3.8, 4) is 0 Å². The molecule has 0 heterocycles. The van der Waals surface area contributed by atoms with Gasteiger partial charge in [-0.1, -0.05) is 0 Å². The Hall–Kier alpha value is -1.06. The summed E-state index contributed by atoms with van der Waals surface area (Å²) >= 11 is 0. The first-order valence-corrected chi connectivity index (χ1v) is 6.61. The fourth-order valence-corrected chi connectivity index (χ4v) is 3.12. The van der Waals surface area contributed by atoms with Crippen LogP contribution in [0, 0.1) is 11.8 Å². The highest BCUT2D eigenvalue weighted by Gasteiger charge is 2.42. The van der Waals surface area contributed by atoms with Gasteiger partial charge in [-0.15, -0.1) is 0 Å². The van der Waals surface area contributed by atoms with E-state index in [1.54, 1.807) is 4.90 Å². The molecule has 1 amide bonds. The Morgan fingerprint density at radius 1 is 1.24 bits per heavy atom. The predicted octanol–water partition coefficient (Wildman–Crippen LogP) is 2.22. The lowest BCUT2D eigenvalue weighted by Gasteiger charge is -2.21. The summed E-state index contributed by atoms with van der Waals surface area (Å²) < 4.78 is 5.50. The van der Waals surface area contributed by atoms with E-state index in [0.717, 1.165) is 12.8 Å². The fraction of sp³-hybridized carbons (Fsp3) is 0.846. The lowest BCUT2D eigenvalue weighted by Crippen LogP contribution is -2.33. The number of carbonyl (C=O) groups is 2. The molecule has 0 bridgehead atoms. The predicted molar refractivity (Wildman–Crippen MR) is 63.6 cm³/mol. The van der Waals surface area contributed by atoms with Crippen LogP contribution < -0.4 is 0 Å². The van der Waals surface area contributed by atoms with Crippen LogP contribution in [-0.2, 0) is 9.53 Å². The first-order chi connectivity index (χ1) is 8.13. The maximum atomic E-state index is 11.8. The molecule has 2 fully saturated rings. The molecule has 0 aromatic heterocycles. The van der Waals surface area contributed by atoms with E-state index < -0.39 is 0 Å². The minimum atomic E-state index is -0.202. The van der Waals surface area contributed by atoms with E-state index in [0.29, 0.717) is 43.6 Å². The van der Waals surface area contributed by atoms with Gasteiger partial charge >= 0.3 is 6.09 Å². The van der Waals surface area contributed by atoms with Crippen molar-refractivity contribution in [2.45, 2.75) is 45.6 Å². The molecule has 3 atom stereocenters. The summed E-state index contributed by atoms with van der Waals surface area (Å²) in [6.45, 7) is 5.28. The van der Waals surface area contributed by atoms with Crippen LogP contribution in [0.15, 0.2) is 0 Å². The number of ketones is 1. The van der Waals surface area contributed by atoms with Crippen LogP contribution in [-0.4, -0.2) is 36.0 Å². The van der Waals surface area contributed by atoms with E-state index in [1.165, 1.54) is 0 Å². The average molecular weight is 239 g/mol. The van der Waals surface area contributed by atoms with Crippen molar-refractivity contribution in [1.82, 2.24) is 4.90 Å². The van der Waals surface area contributed by atoms with Gasteiger partial charge in [-0.3, -0.25) is 4.79 Å². The number of hydrogen-bond donors (Lipinski definition) is 0. The molecule has 0 N–H and O–H groups in total. The van der Waals surface area contributed by atoms with Crippen molar-refractivity contribution in [3.05, 3.63) is 0 Å². The average Bonchev–Trinajstić information content (AvgIpc) is 2.76. The summed E-state index contributed by atoms with van der Waals surface area (Å²) in [6, 6.07) is 0. The zero-order chi connectivity index (χ0) is 12.4. The molecule has 96 valence electrons. The fourth-order valence-electron chi connectivity index (χ4n) is 3.12. The third kappa shape index (κ3) is 2.61. The molecule has 1 unspecified atom stereocenters. The van der Waals surface area contributed by atoms with Gasteiger partial charge in [0, 0.05) is 25.9 Å². The van der Waals surface area contributed by atoms with Crippen molar-refractivity contribution < 1.29 is 14.3 Å². The molecule has 0 aliphatic heterocycles. The van der Waals surface area contributed by atoms with Gasteiger partial charge in [0.25, 0.3) is 0 Å². The van der Waals surface area contributed by atoms with Gasteiger partial charge < -0.3 is 9.64 Å². The summed E-state index contributed by atoms with van der Waals surface area (Å²) in [6.07, 6.45) is 2.98. The summed E-state index contributed by atoms with van der Waals surface area (Å²) in [5, 5.41) is 0. The molecule has 2 aliphatic rings. The SMILES string of the molecule is CCN(CC)C(=O)OC1C[C@H]2CC(=O)C[C@H]2C1. The maximum absolute atomic E-state index is 11.8. The first kappa shape index (κ1) is 12.4. The summed E-state index contributed by atoms with van der Waals surface area (Å²) in [7, 11) is 0. The van der Waals surface area contributed by atoms with E-state index in [1.807, 2.05) is 13.8 Å². The molecule has 4 heteroatoms. The number of rotatable bonds is 3. The van der Waals surface area contributed by atoms with Gasteiger partial charge in [-0.05, 0) is 38.5 Å². The second-order valence-electron chi connectivity index (χ2n) is 5.12. The minimum Gasteiger partial charge on any atom is -0.446 e. The number of amides is 1. The monoisotopic (exact) mass is 239 g/mol. The minimum absolute atomic E-state index is 0.0335. The largest absolute Gasteiger partial charge is 0.446 e. The highest BCUT2D eigenvalue weighted by Crippen LogP contribution is 2.43. The van der Waals surface area contributed by atoms with Crippen LogP contribution in [0.5, 0.6) is 0 Å². The van der Waals surface area contributed by atoms with Crippen molar-refractivity contribution in [2.75, 3.05) is 13.1 Å². The molecule has 2 saturated carbocycles. The highest BCUT2D eigenvalue weighted by atomic mass is 16.6. The summed E-state index contributed by atoms with van der Waals surface area (Å²) in [5.74, 6) is 1.32. The van der Waals surface area contributed by atoms with E-state index in [-0.39, 0.29) is 12.2 Å². The lowest BCUT2D eigenvalue weighted by atomic mass is 10.0. The Labute approximate surface area is 102 Å². The molecule has 0 saturated heterocycles. The van der Waals surface area contributed by atoms with Crippen molar-refractivity contribution in [1.29, 1.82) is 0 Å². The smallest absolute Gasteiger partial charge is 0.410 e. The Kier molecular flexibility index (Phi) is 3.69. The molecule has 0 aromatic rings. The standard InChI is InChI=1S/C13H21NO3/c1-3-14(4-2)13(16)17-12-7-9-5-11(15)6-10(9)8-12/h9-10,12H,3-8H2,1-2H3/t9-,10+,12?. The first-order valence-electron chi connectivity index (χ1n) is 6.61. The molecule has 4 nitrogen and oxygen atoms in total. The van der Waals surface area contributed by atoms with E-state index in [9.17, 15) is 9.59 Å². The second-order valence-corrected chi connectivity index (χ2v) is 5.12. The van der Waals surface area contributed by atoms with Crippen LogP contribution in [0.3, 0.4) is 0 Å². The van der Waals surface area contributed by atoms with Gasteiger partial charge in [-0.2, -0.15) is 0 Å². The Bertz CT molecular complexity index is 296. The second kappa shape index (κ2) is 5.07. The van der Waals surface area contributed by atoms with Gasteiger partial charge in [0.2, 0.25) is 0 Å². The molecule has 0 spiro atoms. The van der Waals surface area contributed by atoms with Crippen LogP contribution in [0.25, 0.3) is 0 Å². The number of nitrogens with zero attached hydrogens (tertiary/aromatic N) is 1. The number of carbonyl (C=O) groups excluding carboxylic acids is 2. The van der Waals surface area contributed by atoms with E-state index in [2.05, 4.69) is 0 Å². The van der Waals surface area contributed by atoms with Crippen molar-refractivity contribution in [2.24, 2.45) is 11.8 Å². The topological polar surface area (TPSA) is 46.6 Å². The van der Waals surface area contributed by atoms with Crippen molar-refractivity contribution >= 4 is 11.9 Å². The highest BCUT2D eigenvalue weighted by molar-refractivity contribution is 5.81. The van der Waals surface area contributed by atoms with Crippen LogP contribution in [0.4, 0.5) is 4.79 Å². The molecular weight excluding hydrogens is 218 g/mol. The van der Waals surface area contributed by atoms with Gasteiger partial charge in [0.05, 0.1) is 0 Å². The Balaban J connectivity index is 1.82. The molecule has 0 aromatic carbocycles. The summed E-state index contributed by atoms with van der Waals surface area (Å²) in [4.78, 5) is 24.7. The van der Waals surface area contributed by atoms with Gasteiger partial charge in [0.15, 0.2) is 0 Å². The zero-order valence-corrected chi connectivity index (χ0v) is 10.6. The molecule has 2 aliphatic carbocycles. The third-order valence-corrected chi connectivity index (χ3v) is 4.07. The normalized spacial score (nSPS) is 31.4. The molecular formula is C13H21NO3. The van der Waals surface area contributed by atoms with E-state index >= 15 is 0 Å². The number of hydrogen-bond acceptors (Lipinski definition) is 3. The van der Waals surface area contributed by atoms with E-state index in [4.69, 9.17) is 4.74 Å². The van der Waals surface area contributed by atoms with Crippen molar-refractivity contribution in [3.63, 3.8) is 0 Å². The Morgan fingerprint density at radius 2 is 1.76 bits per heavy atom. The zero-order valence-electron chi connectivity index (χ0n) is 10.6. The van der Waals surface area contributed by atoms with Gasteiger partial charge in [0.1, 0.15) is 11.9 Å².